The number of thiazole rings is 1. The Bertz CT molecular complexity index is 512. The minimum Gasteiger partial charge on any atom is -0.387 e. The van der Waals surface area contributed by atoms with Crippen LogP contribution in [0.2, 0.25) is 0 Å². The summed E-state index contributed by atoms with van der Waals surface area (Å²) in [5.41, 5.74) is 0.951. The van der Waals surface area contributed by atoms with E-state index in [-0.39, 0.29) is 5.91 Å². The van der Waals surface area contributed by atoms with Gasteiger partial charge in [-0.25, -0.2) is 4.98 Å². The Morgan fingerprint density at radius 1 is 1.53 bits per heavy atom. The summed E-state index contributed by atoms with van der Waals surface area (Å²) in [5, 5.41) is 21.3. The first kappa shape index (κ1) is 11.6. The van der Waals surface area contributed by atoms with E-state index in [1.54, 1.807) is 18.4 Å². The highest BCUT2D eigenvalue weighted by Gasteiger charge is 2.11. The van der Waals surface area contributed by atoms with Gasteiger partial charge < -0.3 is 5.11 Å². The first-order valence-electron chi connectivity index (χ1n) is 4.88. The zero-order valence-corrected chi connectivity index (χ0v) is 9.81. The first-order valence-corrected chi connectivity index (χ1v) is 5.76. The van der Waals surface area contributed by atoms with Crippen molar-refractivity contribution in [2.45, 2.75) is 13.0 Å². The van der Waals surface area contributed by atoms with Crippen LogP contribution in [-0.4, -0.2) is 26.2 Å². The summed E-state index contributed by atoms with van der Waals surface area (Å²) in [5.74, 6) is -0.300. The standard InChI is InChI=1S/C10H10N4O2S/c1-6(15)8-5-17-10(13-8)14-9(16)7-2-3-11-12-4-7/h2-6,15H,1H3,(H,13,14,16). The number of carbonyl (C=O) groups excluding carboxylic acids is 1. The van der Waals surface area contributed by atoms with E-state index in [0.717, 1.165) is 0 Å². The van der Waals surface area contributed by atoms with Gasteiger partial charge in [0.1, 0.15) is 0 Å². The summed E-state index contributed by atoms with van der Waals surface area (Å²) in [4.78, 5) is 15.8. The van der Waals surface area contributed by atoms with Crippen molar-refractivity contribution in [3.8, 4) is 0 Å². The maximum atomic E-state index is 11.7. The highest BCUT2D eigenvalue weighted by molar-refractivity contribution is 7.14. The maximum Gasteiger partial charge on any atom is 0.259 e. The monoisotopic (exact) mass is 250 g/mol. The molecule has 0 saturated carbocycles. The molecule has 0 aliphatic rings. The molecule has 0 aliphatic carbocycles. The van der Waals surface area contributed by atoms with Crippen LogP contribution in [0.4, 0.5) is 5.13 Å². The normalized spacial score (nSPS) is 12.1. The molecular formula is C10H10N4O2S. The number of aromatic nitrogens is 3. The van der Waals surface area contributed by atoms with Crippen molar-refractivity contribution in [2.75, 3.05) is 5.32 Å². The number of anilines is 1. The van der Waals surface area contributed by atoms with E-state index in [9.17, 15) is 9.90 Å². The van der Waals surface area contributed by atoms with Crippen LogP contribution in [0.1, 0.15) is 29.1 Å². The lowest BCUT2D eigenvalue weighted by atomic mass is 10.3. The first-order chi connectivity index (χ1) is 8.16. The van der Waals surface area contributed by atoms with Crippen molar-refractivity contribution in [3.63, 3.8) is 0 Å². The average molecular weight is 250 g/mol. The van der Waals surface area contributed by atoms with E-state index in [1.807, 2.05) is 0 Å². The minimum atomic E-state index is -0.639. The molecule has 7 heteroatoms. The van der Waals surface area contributed by atoms with Crippen LogP contribution in [0, 0.1) is 0 Å². The molecule has 0 bridgehead atoms. The van der Waals surface area contributed by atoms with E-state index in [2.05, 4.69) is 20.5 Å². The van der Waals surface area contributed by atoms with Gasteiger partial charge in [-0.1, -0.05) is 0 Å². The van der Waals surface area contributed by atoms with Crippen molar-refractivity contribution in [3.05, 3.63) is 35.1 Å². The van der Waals surface area contributed by atoms with Crippen molar-refractivity contribution >= 4 is 22.4 Å². The second kappa shape index (κ2) is 4.98. The summed E-state index contributed by atoms with van der Waals surface area (Å²) in [6.45, 7) is 1.62. The van der Waals surface area contributed by atoms with Gasteiger partial charge in [0.25, 0.3) is 5.91 Å². The molecule has 2 heterocycles. The Labute approximate surface area is 101 Å². The number of carbonyl (C=O) groups is 1. The lowest BCUT2D eigenvalue weighted by molar-refractivity contribution is 0.102. The number of amides is 1. The summed E-state index contributed by atoms with van der Waals surface area (Å²) in [7, 11) is 0. The van der Waals surface area contributed by atoms with E-state index in [1.165, 1.54) is 23.7 Å². The fourth-order valence-electron chi connectivity index (χ4n) is 1.13. The van der Waals surface area contributed by atoms with E-state index >= 15 is 0 Å². The molecule has 0 fully saturated rings. The fraction of sp³-hybridized carbons (Fsp3) is 0.200. The smallest absolute Gasteiger partial charge is 0.259 e. The van der Waals surface area contributed by atoms with Crippen LogP contribution in [0.15, 0.2) is 23.8 Å². The fourth-order valence-corrected chi connectivity index (χ4v) is 1.92. The SMILES string of the molecule is CC(O)c1csc(NC(=O)c2ccnnc2)n1. The third-order valence-corrected chi connectivity index (χ3v) is 2.79. The number of nitrogens with one attached hydrogen (secondary N) is 1. The Hall–Kier alpha value is -1.86. The Kier molecular flexibility index (Phi) is 3.40. The number of rotatable bonds is 3. The summed E-state index contributed by atoms with van der Waals surface area (Å²) >= 11 is 1.26. The Morgan fingerprint density at radius 3 is 2.94 bits per heavy atom. The van der Waals surface area contributed by atoms with E-state index in [0.29, 0.717) is 16.4 Å². The molecule has 2 rings (SSSR count). The highest BCUT2D eigenvalue weighted by Crippen LogP contribution is 2.20. The van der Waals surface area contributed by atoms with Crippen LogP contribution in [0.3, 0.4) is 0 Å². The van der Waals surface area contributed by atoms with Crippen LogP contribution in [0.25, 0.3) is 0 Å². The van der Waals surface area contributed by atoms with Crippen molar-refractivity contribution < 1.29 is 9.90 Å². The van der Waals surface area contributed by atoms with E-state index < -0.39 is 6.10 Å². The molecular weight excluding hydrogens is 240 g/mol. The van der Waals surface area contributed by atoms with Crippen molar-refractivity contribution in [1.29, 1.82) is 0 Å². The summed E-state index contributed by atoms with van der Waals surface area (Å²) in [6.07, 6.45) is 2.18. The van der Waals surface area contributed by atoms with Gasteiger partial charge in [-0.3, -0.25) is 10.1 Å². The molecule has 2 N–H and O–H groups in total. The zero-order chi connectivity index (χ0) is 12.3. The molecule has 6 nitrogen and oxygen atoms in total. The summed E-state index contributed by atoms with van der Waals surface area (Å²) < 4.78 is 0. The van der Waals surface area contributed by atoms with Gasteiger partial charge in [0.15, 0.2) is 5.13 Å². The minimum absolute atomic E-state index is 0.300. The van der Waals surface area contributed by atoms with E-state index in [4.69, 9.17) is 0 Å². The Balaban J connectivity index is 2.08. The quantitative estimate of drug-likeness (QED) is 0.855. The Morgan fingerprint density at radius 2 is 2.35 bits per heavy atom. The largest absolute Gasteiger partial charge is 0.387 e. The summed E-state index contributed by atoms with van der Waals surface area (Å²) in [6, 6.07) is 1.56. The van der Waals surface area contributed by atoms with Gasteiger partial charge in [-0.15, -0.1) is 11.3 Å². The van der Waals surface area contributed by atoms with Crippen molar-refractivity contribution in [2.24, 2.45) is 0 Å². The van der Waals surface area contributed by atoms with Crippen LogP contribution >= 0.6 is 11.3 Å². The molecule has 1 unspecified atom stereocenters. The van der Waals surface area contributed by atoms with Gasteiger partial charge >= 0.3 is 0 Å². The highest BCUT2D eigenvalue weighted by atomic mass is 32.1. The van der Waals surface area contributed by atoms with Gasteiger partial charge in [-0.05, 0) is 13.0 Å². The average Bonchev–Trinajstić information content (AvgIpc) is 2.79. The van der Waals surface area contributed by atoms with Gasteiger partial charge in [0.2, 0.25) is 0 Å². The molecule has 17 heavy (non-hydrogen) atoms. The van der Waals surface area contributed by atoms with Gasteiger partial charge in [0, 0.05) is 5.38 Å². The topological polar surface area (TPSA) is 88.0 Å². The molecule has 88 valence electrons. The molecule has 1 amide bonds. The second-order valence-corrected chi connectivity index (χ2v) is 4.20. The lowest BCUT2D eigenvalue weighted by Gasteiger charge is -2.00. The number of hydrogen-bond donors (Lipinski definition) is 2. The predicted molar refractivity (Wildman–Crippen MR) is 62.7 cm³/mol. The third kappa shape index (κ3) is 2.83. The molecule has 2 aromatic rings. The number of aliphatic hydroxyl groups excluding tert-OH is 1. The molecule has 1 atom stereocenters. The van der Waals surface area contributed by atoms with Crippen molar-refractivity contribution in [1.82, 2.24) is 15.2 Å². The lowest BCUT2D eigenvalue weighted by Crippen LogP contribution is -2.12. The molecule has 0 aliphatic heterocycles. The number of nitrogens with zero attached hydrogens (tertiary/aromatic N) is 3. The number of aliphatic hydroxyl groups is 1. The molecule has 0 radical (unpaired) electrons. The third-order valence-electron chi connectivity index (χ3n) is 2.02. The van der Waals surface area contributed by atoms with Gasteiger partial charge in [-0.2, -0.15) is 10.2 Å². The van der Waals surface area contributed by atoms with Gasteiger partial charge in [0.05, 0.1) is 29.8 Å². The molecule has 0 spiro atoms. The predicted octanol–water partition coefficient (Wildman–Crippen LogP) is 1.24. The molecule has 2 aromatic heterocycles. The van der Waals surface area contributed by atoms with Crippen LogP contribution in [0.5, 0.6) is 0 Å². The van der Waals surface area contributed by atoms with Crippen LogP contribution in [-0.2, 0) is 0 Å². The van der Waals surface area contributed by atoms with Crippen LogP contribution < -0.4 is 5.32 Å². The number of hydrogen-bond acceptors (Lipinski definition) is 6. The second-order valence-electron chi connectivity index (χ2n) is 3.34. The maximum absolute atomic E-state index is 11.7. The molecule has 0 aromatic carbocycles. The zero-order valence-electron chi connectivity index (χ0n) is 8.99. The molecule has 0 saturated heterocycles.